The van der Waals surface area contributed by atoms with Gasteiger partial charge in [-0.1, -0.05) is 95.1 Å². The Bertz CT molecular complexity index is 1080. The van der Waals surface area contributed by atoms with E-state index in [-0.39, 0.29) is 12.6 Å². The van der Waals surface area contributed by atoms with E-state index in [1.807, 2.05) is 0 Å². The van der Waals surface area contributed by atoms with Gasteiger partial charge in [-0.25, -0.2) is 0 Å². The van der Waals surface area contributed by atoms with Crippen molar-refractivity contribution in [2.45, 2.75) is 38.8 Å². The summed E-state index contributed by atoms with van der Waals surface area (Å²) in [5, 5.41) is 4.28. The molecular formula is C28H32BBrFP. The fourth-order valence-corrected chi connectivity index (χ4v) is 7.84. The second-order valence-corrected chi connectivity index (χ2v) is 11.4. The van der Waals surface area contributed by atoms with Crippen molar-refractivity contribution in [3.05, 3.63) is 106 Å². The Balaban J connectivity index is 2.15. The number of aryl methyl sites for hydroxylation is 1. The van der Waals surface area contributed by atoms with Crippen molar-refractivity contribution in [3.8, 4) is 0 Å². The molecule has 0 heterocycles. The highest BCUT2D eigenvalue weighted by molar-refractivity contribution is 9.08. The van der Waals surface area contributed by atoms with Crippen LogP contribution in [0.15, 0.2) is 83.7 Å². The topological polar surface area (TPSA) is 0 Å². The predicted molar refractivity (Wildman–Crippen MR) is 148 cm³/mol. The van der Waals surface area contributed by atoms with Crippen LogP contribution in [0.2, 0.25) is 0 Å². The molecule has 0 spiro atoms. The highest BCUT2D eigenvalue weighted by Gasteiger charge is 2.28. The van der Waals surface area contributed by atoms with Crippen LogP contribution in [0.3, 0.4) is 0 Å². The van der Waals surface area contributed by atoms with Gasteiger partial charge in [0.2, 0.25) is 0 Å². The van der Waals surface area contributed by atoms with Crippen LogP contribution in [0, 0.1) is 12.8 Å². The molecule has 0 saturated carbocycles. The van der Waals surface area contributed by atoms with Gasteiger partial charge in [0.1, 0.15) is 7.85 Å². The molecule has 1 aliphatic carbocycles. The predicted octanol–water partition coefficient (Wildman–Crippen LogP) is 7.57. The summed E-state index contributed by atoms with van der Waals surface area (Å²) in [6.45, 7) is 15.4. The minimum Gasteiger partial charge on any atom is -0.250 e. The molecule has 2 aromatic rings. The molecule has 0 saturated heterocycles. The van der Waals surface area contributed by atoms with Crippen LogP contribution in [-0.2, 0) is 11.7 Å². The largest absolute Gasteiger partial charge is 0.250 e. The van der Waals surface area contributed by atoms with E-state index in [2.05, 4.69) is 106 Å². The van der Waals surface area contributed by atoms with Gasteiger partial charge in [0, 0.05) is 11.2 Å². The molecule has 0 amide bonds. The Hall–Kier alpha value is -1.70. The van der Waals surface area contributed by atoms with Gasteiger partial charge in [-0.15, -0.1) is 0 Å². The number of halogens is 2. The molecule has 2 unspecified atom stereocenters. The number of allylic oxidation sites excluding steroid dienone is 5. The zero-order chi connectivity index (χ0) is 23.4. The van der Waals surface area contributed by atoms with Gasteiger partial charge in [-0.3, -0.25) is 4.39 Å². The van der Waals surface area contributed by atoms with E-state index < -0.39 is 7.92 Å². The van der Waals surface area contributed by atoms with Crippen LogP contribution in [0.25, 0.3) is 5.31 Å². The number of benzene rings is 2. The molecule has 0 radical (unpaired) electrons. The highest BCUT2D eigenvalue weighted by Crippen LogP contribution is 2.59. The summed E-state index contributed by atoms with van der Waals surface area (Å²) in [6, 6.07) is 15.2. The lowest BCUT2D eigenvalue weighted by Gasteiger charge is -2.31. The minimum absolute atomic E-state index is 0.0264. The standard InChI is InChI=1S/C28H32BBrFP/c1-18-12-24(17-31)13-19(2)27(18)21(4)32(26-9-7-6-8-10-26)22(5)28-20(3)11-23(15-29)14-25(28)16-30/h6-12,14,24H,4-5,13,15-17,29H2,1-3H3. The third-order valence-corrected chi connectivity index (χ3v) is 9.18. The van der Waals surface area contributed by atoms with Gasteiger partial charge in [-0.2, -0.15) is 0 Å². The molecule has 3 rings (SSSR count). The quantitative estimate of drug-likeness (QED) is 0.196. The Morgan fingerprint density at radius 1 is 1.12 bits per heavy atom. The molecule has 0 aromatic heterocycles. The Morgan fingerprint density at radius 3 is 2.38 bits per heavy atom. The first kappa shape index (κ1) is 24.9. The van der Waals surface area contributed by atoms with Gasteiger partial charge in [-0.05, 0) is 78.9 Å². The third-order valence-electron chi connectivity index (χ3n) is 6.23. The second-order valence-electron chi connectivity index (χ2n) is 8.62. The zero-order valence-electron chi connectivity index (χ0n) is 19.6. The van der Waals surface area contributed by atoms with Gasteiger partial charge in [0.05, 0.1) is 6.67 Å². The maximum Gasteiger partial charge on any atom is 0.107 e. The number of alkyl halides is 2. The normalized spacial score (nSPS) is 17.2. The Morgan fingerprint density at radius 2 is 1.81 bits per heavy atom. The molecule has 32 heavy (non-hydrogen) atoms. The number of rotatable bonds is 8. The van der Waals surface area contributed by atoms with Crippen LogP contribution in [0.5, 0.6) is 0 Å². The van der Waals surface area contributed by atoms with Gasteiger partial charge < -0.3 is 0 Å². The summed E-state index contributed by atoms with van der Waals surface area (Å²) >= 11 is 3.72. The van der Waals surface area contributed by atoms with Crippen molar-refractivity contribution in [1.82, 2.24) is 0 Å². The maximum atomic E-state index is 13.4. The molecule has 0 N–H and O–H groups in total. The van der Waals surface area contributed by atoms with Gasteiger partial charge in [0.25, 0.3) is 0 Å². The molecule has 1 aliphatic rings. The SMILES string of the molecule is BCc1cc(C)c(C(=C)P(C(=C)C2=C(C)CC(CF)C=C2C)c2ccccc2)c(CBr)c1. The van der Waals surface area contributed by atoms with Crippen molar-refractivity contribution in [1.29, 1.82) is 0 Å². The highest BCUT2D eigenvalue weighted by atomic mass is 79.9. The fraction of sp³-hybridized carbons (Fsp3) is 0.286. The molecule has 4 heteroatoms. The molecule has 2 atom stereocenters. The number of hydrogen-bond donors (Lipinski definition) is 0. The monoisotopic (exact) mass is 508 g/mol. The van der Waals surface area contributed by atoms with Crippen molar-refractivity contribution in [2.75, 3.05) is 6.67 Å². The van der Waals surface area contributed by atoms with E-state index in [1.54, 1.807) is 0 Å². The van der Waals surface area contributed by atoms with Gasteiger partial charge in [0.15, 0.2) is 0 Å². The summed E-state index contributed by atoms with van der Waals surface area (Å²) in [5.74, 6) is -0.0264. The third kappa shape index (κ3) is 5.10. The molecule has 166 valence electrons. The van der Waals surface area contributed by atoms with Crippen molar-refractivity contribution >= 4 is 42.3 Å². The summed E-state index contributed by atoms with van der Waals surface area (Å²) < 4.78 is 13.4. The average molecular weight is 509 g/mol. The van der Waals surface area contributed by atoms with Crippen LogP contribution < -0.4 is 5.30 Å². The Kier molecular flexibility index (Phi) is 8.53. The molecule has 0 nitrogen and oxygen atoms in total. The number of hydrogen-bond acceptors (Lipinski definition) is 0. The van der Waals surface area contributed by atoms with Crippen LogP contribution in [0.1, 0.15) is 42.5 Å². The fourth-order valence-electron chi connectivity index (χ4n) is 4.84. The summed E-state index contributed by atoms with van der Waals surface area (Å²) in [5.41, 5.74) is 8.70. The second kappa shape index (κ2) is 10.9. The van der Waals surface area contributed by atoms with Crippen LogP contribution >= 0.6 is 23.9 Å². The molecule has 0 aliphatic heterocycles. The van der Waals surface area contributed by atoms with Gasteiger partial charge >= 0.3 is 0 Å². The van der Waals surface area contributed by atoms with Crippen LogP contribution in [0.4, 0.5) is 4.39 Å². The lowest BCUT2D eigenvalue weighted by Crippen LogP contribution is -2.12. The van der Waals surface area contributed by atoms with Crippen molar-refractivity contribution < 1.29 is 4.39 Å². The lowest BCUT2D eigenvalue weighted by atomic mass is 9.86. The summed E-state index contributed by atoms with van der Waals surface area (Å²) in [4.78, 5) is 0. The summed E-state index contributed by atoms with van der Waals surface area (Å²) in [7, 11) is 1.29. The molecular weight excluding hydrogens is 477 g/mol. The van der Waals surface area contributed by atoms with E-state index in [0.29, 0.717) is 0 Å². The van der Waals surface area contributed by atoms with Crippen molar-refractivity contribution in [3.63, 3.8) is 0 Å². The van der Waals surface area contributed by atoms with E-state index in [4.69, 9.17) is 0 Å². The van der Waals surface area contributed by atoms with E-state index in [1.165, 1.54) is 38.7 Å². The van der Waals surface area contributed by atoms with Crippen LogP contribution in [-0.4, -0.2) is 14.5 Å². The van der Waals surface area contributed by atoms with E-state index in [0.717, 1.165) is 34.3 Å². The van der Waals surface area contributed by atoms with E-state index >= 15 is 0 Å². The minimum atomic E-state index is -0.903. The molecule has 0 fully saturated rings. The lowest BCUT2D eigenvalue weighted by molar-refractivity contribution is 0.404. The summed E-state index contributed by atoms with van der Waals surface area (Å²) in [6.07, 6.45) is 3.85. The Labute approximate surface area is 203 Å². The average Bonchev–Trinajstić information content (AvgIpc) is 2.78. The first-order chi connectivity index (χ1) is 15.3. The zero-order valence-corrected chi connectivity index (χ0v) is 22.1. The molecule has 0 bridgehead atoms. The molecule has 2 aromatic carbocycles. The maximum absolute atomic E-state index is 13.4. The van der Waals surface area contributed by atoms with E-state index in [9.17, 15) is 4.39 Å². The van der Waals surface area contributed by atoms with Crippen molar-refractivity contribution in [2.24, 2.45) is 5.92 Å². The first-order valence-corrected chi connectivity index (χ1v) is 13.6. The first-order valence-electron chi connectivity index (χ1n) is 11.2. The smallest absolute Gasteiger partial charge is 0.107 e.